The maximum atomic E-state index is 12.3. The van der Waals surface area contributed by atoms with Crippen molar-refractivity contribution < 1.29 is 9.90 Å². The van der Waals surface area contributed by atoms with E-state index >= 15 is 0 Å². The summed E-state index contributed by atoms with van der Waals surface area (Å²) in [5.41, 5.74) is 1.16. The van der Waals surface area contributed by atoms with E-state index in [1.807, 2.05) is 29.1 Å². The third kappa shape index (κ3) is 4.20. The van der Waals surface area contributed by atoms with E-state index in [-0.39, 0.29) is 24.1 Å². The van der Waals surface area contributed by atoms with Crippen molar-refractivity contribution in [1.29, 1.82) is 0 Å². The van der Waals surface area contributed by atoms with Crippen molar-refractivity contribution in [3.8, 4) is 0 Å². The Bertz CT molecular complexity index is 700. The summed E-state index contributed by atoms with van der Waals surface area (Å²) in [4.78, 5) is 14.0. The molecule has 1 saturated carbocycles. The number of urea groups is 1. The van der Waals surface area contributed by atoms with Gasteiger partial charge in [-0.3, -0.25) is 10.00 Å². The first kappa shape index (κ1) is 17.5. The molecule has 1 aromatic heterocycles. The van der Waals surface area contributed by atoms with Crippen molar-refractivity contribution in [2.24, 2.45) is 5.92 Å². The first-order valence-corrected chi connectivity index (χ1v) is 8.85. The van der Waals surface area contributed by atoms with Gasteiger partial charge in [0.2, 0.25) is 0 Å². The number of hydrogen-bond acceptors (Lipinski definition) is 3. The molecular weight excluding hydrogens is 316 g/mol. The number of rotatable bonds is 5. The summed E-state index contributed by atoms with van der Waals surface area (Å²) < 4.78 is 1.84. The van der Waals surface area contributed by atoms with Gasteiger partial charge in [0.1, 0.15) is 0 Å². The molecular formula is C19H26N4O2. The molecule has 1 aromatic carbocycles. The zero-order valence-electron chi connectivity index (χ0n) is 14.8. The number of hydrogen-bond donors (Lipinski definition) is 2. The number of carbonyl (C=O) groups is 1. The van der Waals surface area contributed by atoms with Gasteiger partial charge in [-0.1, -0.05) is 36.8 Å². The molecule has 0 unspecified atom stereocenters. The van der Waals surface area contributed by atoms with Crippen LogP contribution in [0.5, 0.6) is 0 Å². The first-order valence-electron chi connectivity index (χ1n) is 8.85. The first-order chi connectivity index (χ1) is 12.0. The third-order valence-corrected chi connectivity index (χ3v) is 5.00. The number of amides is 2. The molecule has 1 heterocycles. The molecule has 0 radical (unpaired) electrons. The van der Waals surface area contributed by atoms with Gasteiger partial charge in [0.15, 0.2) is 5.82 Å². The molecule has 1 aliphatic rings. The van der Waals surface area contributed by atoms with E-state index in [2.05, 4.69) is 29.5 Å². The topological polar surface area (TPSA) is 70.4 Å². The number of aliphatic hydroxyl groups is 1. The number of aromatic nitrogens is 2. The molecule has 1 fully saturated rings. The Morgan fingerprint density at radius 2 is 2.12 bits per heavy atom. The highest BCUT2D eigenvalue weighted by Gasteiger charge is 2.27. The molecule has 0 spiro atoms. The smallest absolute Gasteiger partial charge is 0.322 e. The predicted molar refractivity (Wildman–Crippen MR) is 97.5 cm³/mol. The van der Waals surface area contributed by atoms with Gasteiger partial charge in [-0.15, -0.1) is 0 Å². The number of nitrogens with zero attached hydrogens (tertiary/aromatic N) is 3. The van der Waals surface area contributed by atoms with Gasteiger partial charge in [-0.2, -0.15) is 5.10 Å². The van der Waals surface area contributed by atoms with E-state index in [1.165, 1.54) is 0 Å². The second-order valence-corrected chi connectivity index (χ2v) is 6.84. The van der Waals surface area contributed by atoms with Crippen molar-refractivity contribution in [2.75, 3.05) is 18.9 Å². The Balaban J connectivity index is 1.58. The number of anilines is 1. The number of benzene rings is 1. The van der Waals surface area contributed by atoms with Crippen LogP contribution in [-0.4, -0.2) is 45.5 Å². The SMILES string of the molecule is C[C@H](c1ccccc1)n1ccc(NC(=O)N(C)C[C@@H]2CCC[C@@H]2O)n1. The molecule has 0 saturated heterocycles. The Labute approximate surface area is 148 Å². The monoisotopic (exact) mass is 342 g/mol. The van der Waals surface area contributed by atoms with E-state index in [9.17, 15) is 9.90 Å². The number of aliphatic hydroxyl groups excluding tert-OH is 1. The minimum Gasteiger partial charge on any atom is -0.393 e. The van der Waals surface area contributed by atoms with E-state index in [1.54, 1.807) is 18.0 Å². The average Bonchev–Trinajstić information content (AvgIpc) is 3.24. The fourth-order valence-electron chi connectivity index (χ4n) is 3.37. The molecule has 0 bridgehead atoms. The lowest BCUT2D eigenvalue weighted by atomic mass is 10.1. The molecule has 6 heteroatoms. The maximum Gasteiger partial charge on any atom is 0.322 e. The maximum absolute atomic E-state index is 12.3. The van der Waals surface area contributed by atoms with Crippen LogP contribution in [0.1, 0.15) is 37.8 Å². The number of nitrogens with one attached hydrogen (secondary N) is 1. The molecule has 25 heavy (non-hydrogen) atoms. The normalized spacial score (nSPS) is 21.1. The van der Waals surface area contributed by atoms with E-state index in [4.69, 9.17) is 0 Å². The molecule has 2 aromatic rings. The van der Waals surface area contributed by atoms with Gasteiger partial charge >= 0.3 is 6.03 Å². The summed E-state index contributed by atoms with van der Waals surface area (Å²) in [5.74, 6) is 0.706. The van der Waals surface area contributed by atoms with Gasteiger partial charge in [0, 0.05) is 31.8 Å². The van der Waals surface area contributed by atoms with Crippen LogP contribution in [0.25, 0.3) is 0 Å². The summed E-state index contributed by atoms with van der Waals surface area (Å²) in [6, 6.07) is 11.8. The minimum absolute atomic E-state index is 0.0956. The quantitative estimate of drug-likeness (QED) is 0.877. The second-order valence-electron chi connectivity index (χ2n) is 6.84. The van der Waals surface area contributed by atoms with Crippen molar-refractivity contribution in [3.63, 3.8) is 0 Å². The van der Waals surface area contributed by atoms with Gasteiger partial charge < -0.3 is 10.0 Å². The summed E-state index contributed by atoms with van der Waals surface area (Å²) in [7, 11) is 1.75. The lowest BCUT2D eigenvalue weighted by molar-refractivity contribution is 0.116. The van der Waals surface area contributed by atoms with Crippen LogP contribution in [0.15, 0.2) is 42.6 Å². The fourth-order valence-corrected chi connectivity index (χ4v) is 3.37. The summed E-state index contributed by atoms with van der Waals surface area (Å²) in [5, 5.41) is 17.2. The largest absolute Gasteiger partial charge is 0.393 e. The van der Waals surface area contributed by atoms with Crippen LogP contribution in [0.2, 0.25) is 0 Å². The Morgan fingerprint density at radius 3 is 2.80 bits per heavy atom. The average molecular weight is 342 g/mol. The van der Waals surface area contributed by atoms with Crippen LogP contribution >= 0.6 is 0 Å². The van der Waals surface area contributed by atoms with E-state index < -0.39 is 0 Å². The summed E-state index contributed by atoms with van der Waals surface area (Å²) in [6.45, 7) is 2.63. The summed E-state index contributed by atoms with van der Waals surface area (Å²) in [6.07, 6.45) is 4.42. The Kier molecular flexibility index (Phi) is 5.38. The molecule has 3 rings (SSSR count). The molecule has 1 aliphatic carbocycles. The van der Waals surface area contributed by atoms with Crippen LogP contribution < -0.4 is 5.32 Å². The fraction of sp³-hybridized carbons (Fsp3) is 0.474. The zero-order chi connectivity index (χ0) is 17.8. The lowest BCUT2D eigenvalue weighted by Gasteiger charge is -2.23. The lowest BCUT2D eigenvalue weighted by Crippen LogP contribution is -2.37. The van der Waals surface area contributed by atoms with Crippen LogP contribution in [0.3, 0.4) is 0 Å². The van der Waals surface area contributed by atoms with Crippen LogP contribution in [0.4, 0.5) is 10.6 Å². The highest BCUT2D eigenvalue weighted by Crippen LogP contribution is 2.26. The Hall–Kier alpha value is -2.34. The van der Waals surface area contributed by atoms with Crippen molar-refractivity contribution in [2.45, 2.75) is 38.3 Å². The molecule has 2 N–H and O–H groups in total. The molecule has 0 aliphatic heterocycles. The molecule has 3 atom stereocenters. The highest BCUT2D eigenvalue weighted by atomic mass is 16.3. The van der Waals surface area contributed by atoms with Gasteiger partial charge in [-0.05, 0) is 25.3 Å². The standard InChI is InChI=1S/C19H26N4O2/c1-14(15-7-4-3-5-8-15)23-12-11-18(21-23)20-19(25)22(2)13-16-9-6-10-17(16)24/h3-5,7-8,11-12,14,16-17,24H,6,9-10,13H2,1-2H3,(H,20,21,25)/t14-,16+,17+/m1/s1. The second kappa shape index (κ2) is 7.70. The molecule has 6 nitrogen and oxygen atoms in total. The predicted octanol–water partition coefficient (Wildman–Crippen LogP) is 3.12. The minimum atomic E-state index is -0.291. The van der Waals surface area contributed by atoms with Crippen LogP contribution in [-0.2, 0) is 0 Å². The van der Waals surface area contributed by atoms with E-state index in [0.29, 0.717) is 12.4 Å². The third-order valence-electron chi connectivity index (χ3n) is 5.00. The zero-order valence-corrected chi connectivity index (χ0v) is 14.8. The number of carbonyl (C=O) groups excluding carboxylic acids is 1. The van der Waals surface area contributed by atoms with Gasteiger partial charge in [0.05, 0.1) is 12.1 Å². The van der Waals surface area contributed by atoms with Gasteiger partial charge in [-0.25, -0.2) is 4.79 Å². The van der Waals surface area contributed by atoms with Gasteiger partial charge in [0.25, 0.3) is 0 Å². The van der Waals surface area contributed by atoms with Crippen molar-refractivity contribution in [3.05, 3.63) is 48.2 Å². The van der Waals surface area contributed by atoms with Crippen molar-refractivity contribution >= 4 is 11.8 Å². The van der Waals surface area contributed by atoms with Crippen LogP contribution in [0, 0.1) is 5.92 Å². The van der Waals surface area contributed by atoms with E-state index in [0.717, 1.165) is 24.8 Å². The molecule has 134 valence electrons. The highest BCUT2D eigenvalue weighted by molar-refractivity contribution is 5.88. The Morgan fingerprint density at radius 1 is 1.36 bits per heavy atom. The van der Waals surface area contributed by atoms with Crippen molar-refractivity contribution in [1.82, 2.24) is 14.7 Å². The summed E-state index contributed by atoms with van der Waals surface area (Å²) >= 11 is 0. The molecule has 2 amide bonds.